The van der Waals surface area contributed by atoms with Crippen molar-refractivity contribution in [1.82, 2.24) is 9.66 Å². The lowest BCUT2D eigenvalue weighted by Crippen LogP contribution is -2.20. The zero-order valence-electron chi connectivity index (χ0n) is 19.3. The van der Waals surface area contributed by atoms with Crippen molar-refractivity contribution >= 4 is 34.4 Å². The number of ether oxygens (including phenoxy) is 1. The lowest BCUT2D eigenvalue weighted by Gasteiger charge is -2.11. The largest absolute Gasteiger partial charge is 0.488 e. The Balaban J connectivity index is 1.60. The molecule has 0 saturated carbocycles. The molecule has 1 heterocycles. The minimum atomic E-state index is -0.506. The molecule has 9 heteroatoms. The molecular formula is C28H19ClN4O4. The van der Waals surface area contributed by atoms with E-state index in [9.17, 15) is 14.9 Å². The number of para-hydroxylation sites is 1. The van der Waals surface area contributed by atoms with Gasteiger partial charge in [-0.3, -0.25) is 14.9 Å². The van der Waals surface area contributed by atoms with E-state index in [0.717, 1.165) is 5.56 Å². The van der Waals surface area contributed by atoms with Gasteiger partial charge < -0.3 is 4.74 Å². The first-order chi connectivity index (χ1) is 18.0. The lowest BCUT2D eigenvalue weighted by molar-refractivity contribution is -0.384. The fourth-order valence-electron chi connectivity index (χ4n) is 3.78. The lowest BCUT2D eigenvalue weighted by atomic mass is 10.2. The van der Waals surface area contributed by atoms with Crippen molar-refractivity contribution in [3.63, 3.8) is 0 Å². The van der Waals surface area contributed by atoms with Gasteiger partial charge in [0.05, 0.1) is 22.0 Å². The van der Waals surface area contributed by atoms with Gasteiger partial charge in [-0.2, -0.15) is 9.78 Å². The van der Waals surface area contributed by atoms with E-state index in [-0.39, 0.29) is 17.9 Å². The SMILES string of the molecule is O=c1c2ccccc2nc(-c2ccccc2)n1N=Cc1cc([N+](=O)[O-])ccc1OCc1ccccc1Cl. The summed E-state index contributed by atoms with van der Waals surface area (Å²) in [5.74, 6) is 0.682. The van der Waals surface area contributed by atoms with Crippen LogP contribution in [-0.2, 0) is 6.61 Å². The number of hydrogen-bond donors (Lipinski definition) is 0. The number of halogens is 1. The molecule has 8 nitrogen and oxygen atoms in total. The smallest absolute Gasteiger partial charge is 0.282 e. The highest BCUT2D eigenvalue weighted by molar-refractivity contribution is 6.31. The Hall–Kier alpha value is -4.82. The second-order valence-electron chi connectivity index (χ2n) is 8.04. The zero-order chi connectivity index (χ0) is 25.8. The number of nitro benzene ring substituents is 1. The summed E-state index contributed by atoms with van der Waals surface area (Å²) >= 11 is 6.24. The summed E-state index contributed by atoms with van der Waals surface area (Å²) in [6.07, 6.45) is 1.36. The van der Waals surface area contributed by atoms with Crippen molar-refractivity contribution < 1.29 is 9.66 Å². The van der Waals surface area contributed by atoms with Crippen LogP contribution in [0.1, 0.15) is 11.1 Å². The number of rotatable bonds is 7. The molecule has 0 bridgehead atoms. The molecule has 4 aromatic carbocycles. The fraction of sp³-hybridized carbons (Fsp3) is 0.0357. The number of nitro groups is 1. The van der Waals surface area contributed by atoms with Gasteiger partial charge in [0.15, 0.2) is 5.82 Å². The predicted molar refractivity (Wildman–Crippen MR) is 143 cm³/mol. The van der Waals surface area contributed by atoms with Gasteiger partial charge in [0.1, 0.15) is 12.4 Å². The van der Waals surface area contributed by atoms with Crippen molar-refractivity contribution in [2.75, 3.05) is 0 Å². The molecule has 0 N–H and O–H groups in total. The molecule has 0 aliphatic heterocycles. The molecule has 0 fully saturated rings. The second kappa shape index (κ2) is 10.4. The number of nitrogens with zero attached hydrogens (tertiary/aromatic N) is 4. The average Bonchev–Trinajstić information content (AvgIpc) is 2.92. The number of benzene rings is 4. The van der Waals surface area contributed by atoms with Crippen LogP contribution in [0.5, 0.6) is 5.75 Å². The summed E-state index contributed by atoms with van der Waals surface area (Å²) in [4.78, 5) is 29.0. The number of hydrogen-bond acceptors (Lipinski definition) is 6. The third-order valence-electron chi connectivity index (χ3n) is 5.64. The minimum absolute atomic E-state index is 0.140. The van der Waals surface area contributed by atoms with Crippen molar-refractivity contribution in [3.05, 3.63) is 134 Å². The summed E-state index contributed by atoms with van der Waals surface area (Å²) in [6, 6.07) is 27.6. The Morgan fingerprint density at radius 2 is 1.70 bits per heavy atom. The van der Waals surface area contributed by atoms with Crippen LogP contribution in [0.3, 0.4) is 0 Å². The van der Waals surface area contributed by atoms with Gasteiger partial charge in [-0.25, -0.2) is 4.98 Å². The van der Waals surface area contributed by atoms with E-state index >= 15 is 0 Å². The molecule has 5 rings (SSSR count). The number of aromatic nitrogens is 2. The van der Waals surface area contributed by atoms with Gasteiger partial charge in [0.25, 0.3) is 11.2 Å². The molecule has 0 atom stereocenters. The summed E-state index contributed by atoms with van der Waals surface area (Å²) in [7, 11) is 0. The van der Waals surface area contributed by atoms with Crippen molar-refractivity contribution in [1.29, 1.82) is 0 Å². The Morgan fingerprint density at radius 3 is 2.49 bits per heavy atom. The topological polar surface area (TPSA) is 99.6 Å². The quantitative estimate of drug-likeness (QED) is 0.150. The van der Waals surface area contributed by atoms with Crippen LogP contribution >= 0.6 is 11.6 Å². The van der Waals surface area contributed by atoms with E-state index in [2.05, 4.69) is 10.1 Å². The molecule has 0 saturated heterocycles. The van der Waals surface area contributed by atoms with Crippen LogP contribution in [0.2, 0.25) is 5.02 Å². The summed E-state index contributed by atoms with van der Waals surface area (Å²) in [6.45, 7) is 0.144. The first-order valence-electron chi connectivity index (χ1n) is 11.3. The highest BCUT2D eigenvalue weighted by Crippen LogP contribution is 2.26. The summed E-state index contributed by atoms with van der Waals surface area (Å²) in [5.41, 5.74) is 1.80. The van der Waals surface area contributed by atoms with Crippen LogP contribution in [0.4, 0.5) is 5.69 Å². The molecule has 182 valence electrons. The molecular weight excluding hydrogens is 492 g/mol. The summed E-state index contributed by atoms with van der Waals surface area (Å²) < 4.78 is 7.13. The van der Waals surface area contributed by atoms with Crippen LogP contribution in [0.15, 0.2) is 107 Å². The van der Waals surface area contributed by atoms with E-state index in [1.54, 1.807) is 24.3 Å². The Kier molecular flexibility index (Phi) is 6.74. The maximum atomic E-state index is 13.4. The molecule has 0 unspecified atom stereocenters. The van der Waals surface area contributed by atoms with Gasteiger partial charge >= 0.3 is 0 Å². The van der Waals surface area contributed by atoms with Gasteiger partial charge in [-0.15, -0.1) is 0 Å². The van der Waals surface area contributed by atoms with Crippen molar-refractivity contribution in [2.45, 2.75) is 6.61 Å². The molecule has 0 amide bonds. The third-order valence-corrected chi connectivity index (χ3v) is 6.01. The second-order valence-corrected chi connectivity index (χ2v) is 8.45. The van der Waals surface area contributed by atoms with Crippen LogP contribution in [0, 0.1) is 10.1 Å². The van der Waals surface area contributed by atoms with Crippen molar-refractivity contribution in [2.24, 2.45) is 5.10 Å². The molecule has 0 radical (unpaired) electrons. The van der Waals surface area contributed by atoms with Crippen LogP contribution < -0.4 is 10.3 Å². The first kappa shape index (κ1) is 23.9. The van der Waals surface area contributed by atoms with Gasteiger partial charge in [-0.1, -0.05) is 72.3 Å². The van der Waals surface area contributed by atoms with Gasteiger partial charge in [0, 0.05) is 33.8 Å². The Morgan fingerprint density at radius 1 is 0.973 bits per heavy atom. The van der Waals surface area contributed by atoms with E-state index in [4.69, 9.17) is 16.3 Å². The predicted octanol–water partition coefficient (Wildman–Crippen LogP) is 6.09. The third kappa shape index (κ3) is 5.10. The monoisotopic (exact) mass is 510 g/mol. The standard InChI is InChI=1S/C28H19ClN4O4/c29-24-12-6-4-10-20(24)18-37-26-15-14-22(33(35)36)16-21(26)17-30-32-27(19-8-2-1-3-9-19)31-25-13-7-5-11-23(25)28(32)34/h1-17H,18H2. The van der Waals surface area contributed by atoms with Crippen LogP contribution in [-0.4, -0.2) is 20.8 Å². The van der Waals surface area contributed by atoms with E-state index in [1.165, 1.54) is 29.1 Å². The Labute approximate surface area is 216 Å². The van der Waals surface area contributed by atoms with Gasteiger partial charge in [-0.05, 0) is 24.3 Å². The minimum Gasteiger partial charge on any atom is -0.488 e. The average molecular weight is 511 g/mol. The number of fused-ring (bicyclic) bond motifs is 1. The van der Waals surface area contributed by atoms with Crippen molar-refractivity contribution in [3.8, 4) is 17.1 Å². The molecule has 0 aliphatic carbocycles. The van der Waals surface area contributed by atoms with E-state index < -0.39 is 4.92 Å². The first-order valence-corrected chi connectivity index (χ1v) is 11.7. The van der Waals surface area contributed by atoms with E-state index in [0.29, 0.717) is 38.6 Å². The van der Waals surface area contributed by atoms with Gasteiger partial charge in [0.2, 0.25) is 0 Å². The molecule has 0 aliphatic rings. The van der Waals surface area contributed by atoms with E-state index in [1.807, 2.05) is 54.6 Å². The molecule has 1 aromatic heterocycles. The maximum Gasteiger partial charge on any atom is 0.282 e. The fourth-order valence-corrected chi connectivity index (χ4v) is 3.97. The molecule has 0 spiro atoms. The number of non-ortho nitro benzene ring substituents is 1. The Bertz CT molecular complexity index is 1700. The van der Waals surface area contributed by atoms with Crippen LogP contribution in [0.25, 0.3) is 22.3 Å². The maximum absolute atomic E-state index is 13.4. The highest BCUT2D eigenvalue weighted by atomic mass is 35.5. The summed E-state index contributed by atoms with van der Waals surface area (Å²) in [5, 5.41) is 16.8. The normalized spacial score (nSPS) is 11.2. The highest BCUT2D eigenvalue weighted by Gasteiger charge is 2.14. The molecule has 37 heavy (non-hydrogen) atoms. The zero-order valence-corrected chi connectivity index (χ0v) is 20.1. The molecule has 5 aromatic rings.